The van der Waals surface area contributed by atoms with Crippen molar-refractivity contribution < 1.29 is 19.2 Å². The van der Waals surface area contributed by atoms with Crippen LogP contribution in [0.2, 0.25) is 0 Å². The van der Waals surface area contributed by atoms with E-state index in [-0.39, 0.29) is 17.9 Å². The second kappa shape index (κ2) is 8.50. The van der Waals surface area contributed by atoms with Crippen LogP contribution >= 0.6 is 0 Å². The maximum atomic E-state index is 12.8. The highest BCUT2D eigenvalue weighted by Gasteiger charge is 2.34. The molecule has 0 aromatic heterocycles. The van der Waals surface area contributed by atoms with E-state index in [0.29, 0.717) is 17.0 Å². The molecule has 1 saturated heterocycles. The van der Waals surface area contributed by atoms with Crippen molar-refractivity contribution in [3.8, 4) is 5.75 Å². The van der Waals surface area contributed by atoms with Gasteiger partial charge in [-0.3, -0.25) is 25.1 Å². The molecule has 2 amide bonds. The highest BCUT2D eigenvalue weighted by molar-refractivity contribution is 6.31. The summed E-state index contributed by atoms with van der Waals surface area (Å²) in [5, 5.41) is 12.0. The van der Waals surface area contributed by atoms with Crippen LogP contribution in [-0.4, -0.2) is 16.7 Å². The largest absolute Gasteiger partial charge is 0.488 e. The fourth-order valence-corrected chi connectivity index (χ4v) is 3.08. The van der Waals surface area contributed by atoms with Crippen molar-refractivity contribution in [1.29, 1.82) is 0 Å². The Bertz CT molecular complexity index is 1170. The number of nitrogens with one attached hydrogen (secondary N) is 1. The number of hydrogen-bond donors (Lipinski definition) is 1. The van der Waals surface area contributed by atoms with Gasteiger partial charge in [0.25, 0.3) is 17.5 Å². The molecule has 0 saturated carbocycles. The van der Waals surface area contributed by atoms with Gasteiger partial charge in [-0.1, -0.05) is 36.4 Å². The standard InChI is InChI=1S/C23H17N3O5/c27-22-20(23(28)25(24-22)18-7-2-1-3-8-18)14-17-6-4-5-9-21(17)31-15-16-10-12-19(13-11-16)26(29)30/h1-14H,15H2,(H,24,27)/b20-14-. The molecule has 3 aromatic rings. The summed E-state index contributed by atoms with van der Waals surface area (Å²) in [5.74, 6) is -0.479. The monoisotopic (exact) mass is 415 g/mol. The smallest absolute Gasteiger partial charge is 0.282 e. The molecule has 1 heterocycles. The molecule has 0 bridgehead atoms. The SMILES string of the molecule is O=C1NN(c2ccccc2)C(=O)/C1=C\c1ccccc1OCc1ccc([N+](=O)[O-])cc1. The maximum Gasteiger partial charge on any atom is 0.282 e. The number of nitro groups is 1. The quantitative estimate of drug-likeness (QED) is 0.287. The first-order chi connectivity index (χ1) is 15.0. The number of amides is 2. The number of hydrogen-bond acceptors (Lipinski definition) is 5. The molecule has 0 unspecified atom stereocenters. The zero-order chi connectivity index (χ0) is 21.8. The van der Waals surface area contributed by atoms with Crippen molar-refractivity contribution in [3.05, 3.63) is 106 Å². The minimum Gasteiger partial charge on any atom is -0.488 e. The number of hydrazine groups is 1. The summed E-state index contributed by atoms with van der Waals surface area (Å²) in [7, 11) is 0. The Labute approximate surface area is 177 Å². The molecular formula is C23H17N3O5. The maximum absolute atomic E-state index is 12.8. The molecule has 1 fully saturated rings. The summed E-state index contributed by atoms with van der Waals surface area (Å²) in [4.78, 5) is 35.5. The van der Waals surface area contributed by atoms with Crippen LogP contribution in [0.15, 0.2) is 84.4 Å². The van der Waals surface area contributed by atoms with Crippen molar-refractivity contribution in [2.75, 3.05) is 5.01 Å². The predicted molar refractivity (Wildman–Crippen MR) is 114 cm³/mol. The van der Waals surface area contributed by atoms with E-state index in [2.05, 4.69) is 5.43 Å². The van der Waals surface area contributed by atoms with Gasteiger partial charge in [-0.2, -0.15) is 0 Å². The van der Waals surface area contributed by atoms with Crippen molar-refractivity contribution in [2.24, 2.45) is 0 Å². The van der Waals surface area contributed by atoms with Gasteiger partial charge in [-0.05, 0) is 42.0 Å². The van der Waals surface area contributed by atoms with E-state index in [0.717, 1.165) is 5.56 Å². The molecule has 1 N–H and O–H groups in total. The van der Waals surface area contributed by atoms with Crippen LogP contribution in [0.4, 0.5) is 11.4 Å². The van der Waals surface area contributed by atoms with Gasteiger partial charge < -0.3 is 4.74 Å². The summed E-state index contributed by atoms with van der Waals surface area (Å²) in [6, 6.07) is 21.9. The van der Waals surface area contributed by atoms with E-state index >= 15 is 0 Å². The Morgan fingerprint density at radius 2 is 1.61 bits per heavy atom. The van der Waals surface area contributed by atoms with Gasteiger partial charge >= 0.3 is 0 Å². The Morgan fingerprint density at radius 1 is 0.935 bits per heavy atom. The molecule has 31 heavy (non-hydrogen) atoms. The van der Waals surface area contributed by atoms with Crippen LogP contribution in [0.3, 0.4) is 0 Å². The molecular weight excluding hydrogens is 398 g/mol. The number of anilines is 1. The minimum atomic E-state index is -0.501. The zero-order valence-corrected chi connectivity index (χ0v) is 16.2. The van der Waals surface area contributed by atoms with Gasteiger partial charge in [0.05, 0.1) is 10.6 Å². The van der Waals surface area contributed by atoms with Gasteiger partial charge in [-0.15, -0.1) is 0 Å². The fraction of sp³-hybridized carbons (Fsp3) is 0.0435. The second-order valence-electron chi connectivity index (χ2n) is 6.73. The number of para-hydroxylation sites is 2. The lowest BCUT2D eigenvalue weighted by molar-refractivity contribution is -0.384. The van der Waals surface area contributed by atoms with Crippen molar-refractivity contribution in [3.63, 3.8) is 0 Å². The number of ether oxygens (including phenoxy) is 1. The number of benzene rings is 3. The number of non-ortho nitro benzene ring substituents is 1. The Balaban J connectivity index is 1.54. The summed E-state index contributed by atoms with van der Waals surface area (Å²) < 4.78 is 5.84. The molecule has 1 aliphatic heterocycles. The first-order valence-electron chi connectivity index (χ1n) is 9.40. The number of carbonyl (C=O) groups is 2. The van der Waals surface area contributed by atoms with Crippen molar-refractivity contribution >= 4 is 29.3 Å². The topological polar surface area (TPSA) is 102 Å². The number of nitrogens with zero attached hydrogens (tertiary/aromatic N) is 2. The van der Waals surface area contributed by atoms with E-state index in [1.807, 2.05) is 6.07 Å². The van der Waals surface area contributed by atoms with Crippen LogP contribution in [0.5, 0.6) is 5.75 Å². The lowest BCUT2D eigenvalue weighted by Gasteiger charge is -2.14. The van der Waals surface area contributed by atoms with E-state index in [4.69, 9.17) is 4.74 Å². The molecule has 0 aliphatic carbocycles. The number of rotatable bonds is 6. The zero-order valence-electron chi connectivity index (χ0n) is 16.2. The molecule has 8 heteroatoms. The van der Waals surface area contributed by atoms with Gasteiger partial charge in [0.2, 0.25) is 0 Å². The van der Waals surface area contributed by atoms with Gasteiger partial charge in [0, 0.05) is 17.7 Å². The third-order valence-electron chi connectivity index (χ3n) is 4.67. The molecule has 4 rings (SSSR count). The lowest BCUT2D eigenvalue weighted by atomic mass is 10.1. The Kier molecular flexibility index (Phi) is 5.44. The first kappa shape index (κ1) is 19.8. The second-order valence-corrected chi connectivity index (χ2v) is 6.73. The summed E-state index contributed by atoms with van der Waals surface area (Å²) in [6.45, 7) is 0.175. The molecule has 0 spiro atoms. The molecule has 1 aliphatic rings. The fourth-order valence-electron chi connectivity index (χ4n) is 3.08. The summed E-state index contributed by atoms with van der Waals surface area (Å²) >= 11 is 0. The van der Waals surface area contributed by atoms with Gasteiger partial charge in [0.1, 0.15) is 17.9 Å². The van der Waals surface area contributed by atoms with Crippen LogP contribution < -0.4 is 15.2 Å². The predicted octanol–water partition coefficient (Wildman–Crippen LogP) is 3.64. The summed E-state index contributed by atoms with van der Waals surface area (Å²) in [6.07, 6.45) is 1.49. The van der Waals surface area contributed by atoms with Gasteiger partial charge in [-0.25, -0.2) is 5.01 Å². The lowest BCUT2D eigenvalue weighted by Crippen LogP contribution is -2.35. The molecule has 8 nitrogen and oxygen atoms in total. The van der Waals surface area contributed by atoms with Gasteiger partial charge in [0.15, 0.2) is 0 Å². The average molecular weight is 415 g/mol. The van der Waals surface area contributed by atoms with E-state index < -0.39 is 16.7 Å². The highest BCUT2D eigenvalue weighted by Crippen LogP contribution is 2.26. The minimum absolute atomic E-state index is 0.00242. The molecule has 154 valence electrons. The van der Waals surface area contributed by atoms with Crippen LogP contribution in [0, 0.1) is 10.1 Å². The first-order valence-corrected chi connectivity index (χ1v) is 9.40. The van der Waals surface area contributed by atoms with E-state index in [1.165, 1.54) is 23.2 Å². The van der Waals surface area contributed by atoms with Crippen LogP contribution in [0.1, 0.15) is 11.1 Å². The normalized spacial score (nSPS) is 14.6. The van der Waals surface area contributed by atoms with E-state index in [1.54, 1.807) is 60.7 Å². The number of nitro benzene ring substituents is 1. The number of carbonyl (C=O) groups excluding carboxylic acids is 2. The Morgan fingerprint density at radius 3 is 2.32 bits per heavy atom. The van der Waals surface area contributed by atoms with Crippen LogP contribution in [0.25, 0.3) is 6.08 Å². The Hall–Kier alpha value is -4.46. The third-order valence-corrected chi connectivity index (χ3v) is 4.67. The molecule has 0 radical (unpaired) electrons. The van der Waals surface area contributed by atoms with Crippen LogP contribution in [-0.2, 0) is 16.2 Å². The van der Waals surface area contributed by atoms with Crippen molar-refractivity contribution in [2.45, 2.75) is 6.61 Å². The average Bonchev–Trinajstić information content (AvgIpc) is 3.07. The van der Waals surface area contributed by atoms with Crippen molar-refractivity contribution in [1.82, 2.24) is 5.43 Å². The molecule has 3 aromatic carbocycles. The van der Waals surface area contributed by atoms with E-state index in [9.17, 15) is 19.7 Å². The third kappa shape index (κ3) is 4.27. The molecule has 0 atom stereocenters. The summed E-state index contributed by atoms with van der Waals surface area (Å²) in [5.41, 5.74) is 4.44. The highest BCUT2D eigenvalue weighted by atomic mass is 16.6.